The molecule has 7 heteroatoms. The molecule has 1 saturated heterocycles. The normalized spacial score (nSPS) is 28.2. The quantitative estimate of drug-likeness (QED) is 0.365. The molecule has 1 aliphatic carbocycles. The summed E-state index contributed by atoms with van der Waals surface area (Å²) in [6.45, 7) is 9.56. The van der Waals surface area contributed by atoms with Crippen LogP contribution in [0, 0.1) is 5.41 Å². The second kappa shape index (κ2) is 10.2. The number of nitrogens with zero attached hydrogens (tertiary/aromatic N) is 1. The molecule has 2 N–H and O–H groups in total. The summed E-state index contributed by atoms with van der Waals surface area (Å²) in [5, 5.41) is 7.23. The molecule has 0 aromatic carbocycles. The zero-order valence-electron chi connectivity index (χ0n) is 14.6. The number of rotatable bonds is 6. The van der Waals surface area contributed by atoms with Gasteiger partial charge >= 0.3 is 0 Å². The number of aliphatic imine (C=N–C) groups is 1. The molecule has 23 heavy (non-hydrogen) atoms. The smallest absolute Gasteiger partial charge is 0.191 e. The number of nitrogens with one attached hydrogen (secondary N) is 2. The van der Waals surface area contributed by atoms with E-state index >= 15 is 0 Å². The van der Waals surface area contributed by atoms with Gasteiger partial charge in [-0.3, -0.25) is 9.20 Å². The number of hydrogen-bond donors (Lipinski definition) is 2. The van der Waals surface area contributed by atoms with E-state index in [0.29, 0.717) is 11.3 Å². The number of hydrogen-bond acceptors (Lipinski definition) is 3. The lowest BCUT2D eigenvalue weighted by atomic mass is 9.89. The monoisotopic (exact) mass is 457 g/mol. The first kappa shape index (κ1) is 21.2. The van der Waals surface area contributed by atoms with Gasteiger partial charge in [0.1, 0.15) is 0 Å². The molecule has 3 unspecified atom stereocenters. The van der Waals surface area contributed by atoms with Crippen molar-refractivity contribution in [2.45, 2.75) is 57.7 Å². The van der Waals surface area contributed by atoms with E-state index in [1.165, 1.54) is 0 Å². The lowest BCUT2D eigenvalue weighted by Crippen LogP contribution is -2.48. The van der Waals surface area contributed by atoms with Crippen molar-refractivity contribution in [1.82, 2.24) is 10.6 Å². The minimum atomic E-state index is -0.680. The highest BCUT2D eigenvalue weighted by molar-refractivity contribution is 14.0. The molecule has 2 aliphatic rings. The van der Waals surface area contributed by atoms with Crippen LogP contribution in [-0.4, -0.2) is 53.5 Å². The van der Waals surface area contributed by atoms with Crippen molar-refractivity contribution in [3.8, 4) is 0 Å². The molecule has 0 spiro atoms. The van der Waals surface area contributed by atoms with Gasteiger partial charge in [-0.2, -0.15) is 0 Å². The Labute approximate surface area is 160 Å². The van der Waals surface area contributed by atoms with Crippen LogP contribution in [0.5, 0.6) is 0 Å². The third-order valence-electron chi connectivity index (χ3n) is 4.49. The van der Waals surface area contributed by atoms with E-state index in [0.717, 1.165) is 63.7 Å². The summed E-state index contributed by atoms with van der Waals surface area (Å²) in [4.78, 5) is 4.73. The highest BCUT2D eigenvalue weighted by atomic mass is 127. The third-order valence-corrected chi connectivity index (χ3v) is 6.23. The predicted molar refractivity (Wildman–Crippen MR) is 108 cm³/mol. The lowest BCUT2D eigenvalue weighted by molar-refractivity contribution is -0.0945. The summed E-state index contributed by atoms with van der Waals surface area (Å²) in [7, 11) is -0.680. The largest absolute Gasteiger partial charge is 0.380 e. The molecule has 0 aromatic heterocycles. The minimum Gasteiger partial charge on any atom is -0.380 e. The maximum Gasteiger partial charge on any atom is 0.191 e. The van der Waals surface area contributed by atoms with Gasteiger partial charge < -0.3 is 15.4 Å². The molecule has 2 fully saturated rings. The molecule has 1 heterocycles. The molecule has 0 radical (unpaired) electrons. The van der Waals surface area contributed by atoms with Gasteiger partial charge in [0.2, 0.25) is 0 Å². The molecule has 0 aromatic rings. The van der Waals surface area contributed by atoms with Crippen molar-refractivity contribution in [1.29, 1.82) is 0 Å². The van der Waals surface area contributed by atoms with Crippen LogP contribution in [0.25, 0.3) is 0 Å². The van der Waals surface area contributed by atoms with Crippen molar-refractivity contribution in [2.24, 2.45) is 10.4 Å². The SMILES string of the molecule is CCNC(=NCC1(C)COC1)NC1CCCC(S(=O)CC)C1.I. The molecule has 2 rings (SSSR count). The van der Waals surface area contributed by atoms with Gasteiger partial charge in [0.15, 0.2) is 5.96 Å². The van der Waals surface area contributed by atoms with Crippen molar-refractivity contribution >= 4 is 40.7 Å². The minimum absolute atomic E-state index is 0. The van der Waals surface area contributed by atoms with Crippen LogP contribution in [0.2, 0.25) is 0 Å². The highest BCUT2D eigenvalue weighted by Gasteiger charge is 2.33. The van der Waals surface area contributed by atoms with E-state index in [2.05, 4.69) is 24.5 Å². The summed E-state index contributed by atoms with van der Waals surface area (Å²) in [5.41, 5.74) is 0.196. The molecule has 0 bridgehead atoms. The first-order valence-electron chi connectivity index (χ1n) is 8.56. The van der Waals surface area contributed by atoms with Crippen molar-refractivity contribution < 1.29 is 8.95 Å². The van der Waals surface area contributed by atoms with E-state index in [4.69, 9.17) is 9.73 Å². The zero-order chi connectivity index (χ0) is 16.0. The third kappa shape index (κ3) is 6.49. The summed E-state index contributed by atoms with van der Waals surface area (Å²) >= 11 is 0. The Morgan fingerprint density at radius 3 is 2.65 bits per heavy atom. The first-order valence-corrected chi connectivity index (χ1v) is 9.94. The lowest BCUT2D eigenvalue weighted by Gasteiger charge is -2.37. The fourth-order valence-corrected chi connectivity index (χ4v) is 4.42. The second-order valence-corrected chi connectivity index (χ2v) is 8.80. The molecule has 1 saturated carbocycles. The fourth-order valence-electron chi connectivity index (χ4n) is 3.08. The van der Waals surface area contributed by atoms with Crippen LogP contribution >= 0.6 is 24.0 Å². The van der Waals surface area contributed by atoms with Gasteiger partial charge in [-0.25, -0.2) is 0 Å². The molecular weight excluding hydrogens is 425 g/mol. The van der Waals surface area contributed by atoms with Crippen molar-refractivity contribution in [3.63, 3.8) is 0 Å². The Morgan fingerprint density at radius 1 is 1.35 bits per heavy atom. The average molecular weight is 457 g/mol. The van der Waals surface area contributed by atoms with Crippen LogP contribution in [0.4, 0.5) is 0 Å². The molecule has 5 nitrogen and oxygen atoms in total. The van der Waals surface area contributed by atoms with E-state index < -0.39 is 10.8 Å². The summed E-state index contributed by atoms with van der Waals surface area (Å²) < 4.78 is 17.3. The Morgan fingerprint density at radius 2 is 2.09 bits per heavy atom. The fraction of sp³-hybridized carbons (Fsp3) is 0.938. The van der Waals surface area contributed by atoms with Crippen LogP contribution < -0.4 is 10.6 Å². The van der Waals surface area contributed by atoms with Crippen molar-refractivity contribution in [2.75, 3.05) is 32.1 Å². The highest BCUT2D eigenvalue weighted by Crippen LogP contribution is 2.26. The Bertz CT molecular complexity index is 416. The van der Waals surface area contributed by atoms with Gasteiger partial charge in [0.25, 0.3) is 0 Å². The predicted octanol–water partition coefficient (Wildman–Crippen LogP) is 2.28. The molecule has 136 valence electrons. The maximum atomic E-state index is 12.1. The molecule has 0 amide bonds. The molecular formula is C16H32IN3O2S. The van der Waals surface area contributed by atoms with Gasteiger partial charge in [-0.05, 0) is 26.2 Å². The summed E-state index contributed by atoms with van der Waals surface area (Å²) in [6.07, 6.45) is 4.38. The molecule has 3 atom stereocenters. The van der Waals surface area contributed by atoms with E-state index in [-0.39, 0.29) is 29.4 Å². The van der Waals surface area contributed by atoms with Crippen molar-refractivity contribution in [3.05, 3.63) is 0 Å². The first-order chi connectivity index (χ1) is 10.6. The Balaban J connectivity index is 0.00000264. The number of ether oxygens (including phenoxy) is 1. The van der Waals surface area contributed by atoms with Crippen LogP contribution in [0.3, 0.4) is 0 Å². The van der Waals surface area contributed by atoms with Crippen LogP contribution in [-0.2, 0) is 15.5 Å². The Hall–Kier alpha value is 0.110. The summed E-state index contributed by atoms with van der Waals surface area (Å²) in [6, 6.07) is 0.387. The van der Waals surface area contributed by atoms with Gasteiger partial charge in [0, 0.05) is 39.8 Å². The van der Waals surface area contributed by atoms with E-state index in [9.17, 15) is 4.21 Å². The number of guanidine groups is 1. The topological polar surface area (TPSA) is 62.7 Å². The van der Waals surface area contributed by atoms with Crippen LogP contribution in [0.15, 0.2) is 4.99 Å². The van der Waals surface area contributed by atoms with E-state index in [1.807, 2.05) is 6.92 Å². The standard InChI is InChI=1S/C16H31N3O2S.HI/c1-4-17-15(18-10-16(3)11-21-12-16)19-13-7-6-8-14(9-13)22(20)5-2;/h13-14H,4-12H2,1-3H3,(H2,17,18,19);1H. The van der Waals surface area contributed by atoms with Gasteiger partial charge in [-0.15, -0.1) is 24.0 Å². The zero-order valence-corrected chi connectivity index (χ0v) is 17.7. The molecule has 1 aliphatic heterocycles. The second-order valence-electron chi connectivity index (χ2n) is 6.80. The van der Waals surface area contributed by atoms with Crippen LogP contribution in [0.1, 0.15) is 46.5 Å². The number of halogens is 1. The Kier molecular flexibility index (Phi) is 9.36. The average Bonchev–Trinajstić information content (AvgIpc) is 2.50. The van der Waals surface area contributed by atoms with E-state index in [1.54, 1.807) is 0 Å². The van der Waals surface area contributed by atoms with Gasteiger partial charge in [0.05, 0.1) is 19.8 Å². The summed E-state index contributed by atoms with van der Waals surface area (Å²) in [5.74, 6) is 1.66. The maximum absolute atomic E-state index is 12.1. The van der Waals surface area contributed by atoms with Gasteiger partial charge in [-0.1, -0.05) is 20.3 Å².